The SMILES string of the molecule is c1ccc([SeH]2CCCC[SeH]2c2ccccc2)cc1. The maximum atomic E-state index is 2.40. The summed E-state index contributed by atoms with van der Waals surface area (Å²) in [4.78, 5) is 0. The van der Waals surface area contributed by atoms with Crippen molar-refractivity contribution in [3.05, 3.63) is 60.7 Å². The van der Waals surface area contributed by atoms with Gasteiger partial charge < -0.3 is 0 Å². The van der Waals surface area contributed by atoms with Crippen molar-refractivity contribution in [3.63, 3.8) is 0 Å². The Morgan fingerprint density at radius 2 is 0.944 bits per heavy atom. The Balaban J connectivity index is 1.92. The van der Waals surface area contributed by atoms with Crippen LogP contribution in [0.3, 0.4) is 0 Å². The van der Waals surface area contributed by atoms with Crippen LogP contribution in [0.25, 0.3) is 0 Å². The zero-order chi connectivity index (χ0) is 12.2. The molecule has 18 heavy (non-hydrogen) atoms. The summed E-state index contributed by atoms with van der Waals surface area (Å²) in [6.45, 7) is 0. The van der Waals surface area contributed by atoms with E-state index in [-0.39, 0.29) is 0 Å². The van der Waals surface area contributed by atoms with Crippen LogP contribution in [0.4, 0.5) is 0 Å². The molecule has 1 aliphatic rings. The van der Waals surface area contributed by atoms with Crippen LogP contribution in [0.5, 0.6) is 0 Å². The van der Waals surface area contributed by atoms with Gasteiger partial charge in [0.2, 0.25) is 0 Å². The molecule has 0 N–H and O–H groups in total. The van der Waals surface area contributed by atoms with E-state index in [4.69, 9.17) is 0 Å². The van der Waals surface area contributed by atoms with E-state index < -0.39 is 24.2 Å². The predicted molar refractivity (Wildman–Crippen MR) is 85.3 cm³/mol. The van der Waals surface area contributed by atoms with Crippen molar-refractivity contribution in [2.24, 2.45) is 0 Å². The van der Waals surface area contributed by atoms with E-state index in [0.717, 1.165) is 0 Å². The summed E-state index contributed by atoms with van der Waals surface area (Å²) in [6.07, 6.45) is 2.96. The fourth-order valence-corrected chi connectivity index (χ4v) is 27.5. The van der Waals surface area contributed by atoms with E-state index in [1.807, 2.05) is 0 Å². The van der Waals surface area contributed by atoms with Crippen molar-refractivity contribution >= 4 is 33.1 Å². The maximum absolute atomic E-state index is 2.40. The molecule has 2 unspecified atom stereocenters. The molecule has 0 aliphatic carbocycles. The van der Waals surface area contributed by atoms with E-state index in [0.29, 0.717) is 0 Å². The predicted octanol–water partition coefficient (Wildman–Crippen LogP) is 2.13. The molecule has 2 aromatic rings. The molecule has 0 spiro atoms. The Bertz CT molecular complexity index is 433. The summed E-state index contributed by atoms with van der Waals surface area (Å²) >= 11 is -1.51. The summed E-state index contributed by atoms with van der Waals surface area (Å²) in [5.41, 5.74) is 0. The fraction of sp³-hybridized carbons (Fsp3) is 0.250. The Morgan fingerprint density at radius 3 is 1.33 bits per heavy atom. The second-order valence-corrected chi connectivity index (χ2v) is 22.5. The van der Waals surface area contributed by atoms with Crippen LogP contribution in [-0.2, 0) is 0 Å². The van der Waals surface area contributed by atoms with Gasteiger partial charge in [-0.25, -0.2) is 0 Å². The zero-order valence-corrected chi connectivity index (χ0v) is 14.2. The first-order chi connectivity index (χ1) is 8.95. The van der Waals surface area contributed by atoms with Gasteiger partial charge in [-0.15, -0.1) is 0 Å². The van der Waals surface area contributed by atoms with Crippen LogP contribution >= 0.6 is 0 Å². The minimum atomic E-state index is -0.757. The molecule has 1 fully saturated rings. The van der Waals surface area contributed by atoms with Crippen molar-refractivity contribution in [2.45, 2.75) is 23.5 Å². The van der Waals surface area contributed by atoms with Gasteiger partial charge in [0, 0.05) is 0 Å². The van der Waals surface area contributed by atoms with Crippen molar-refractivity contribution in [2.75, 3.05) is 0 Å². The van der Waals surface area contributed by atoms with Gasteiger partial charge in [-0.2, -0.15) is 0 Å². The molecule has 1 aliphatic heterocycles. The Kier molecular flexibility index (Phi) is 4.23. The molecule has 2 heteroatoms. The van der Waals surface area contributed by atoms with Gasteiger partial charge >= 0.3 is 117 Å². The first-order valence-electron chi connectivity index (χ1n) is 6.60. The zero-order valence-electron chi connectivity index (χ0n) is 10.5. The molecule has 2 atom stereocenters. The van der Waals surface area contributed by atoms with Crippen LogP contribution < -0.4 is 8.92 Å². The van der Waals surface area contributed by atoms with E-state index in [1.54, 1.807) is 19.6 Å². The summed E-state index contributed by atoms with van der Waals surface area (Å²) in [7, 11) is 0. The van der Waals surface area contributed by atoms with Crippen LogP contribution in [0.15, 0.2) is 60.7 Å². The molecule has 0 bridgehead atoms. The van der Waals surface area contributed by atoms with Crippen molar-refractivity contribution in [3.8, 4) is 0 Å². The van der Waals surface area contributed by atoms with E-state index in [2.05, 4.69) is 60.7 Å². The molecular formula is C16H20Se2. The third kappa shape index (κ3) is 2.73. The standard InChI is InChI=1S/C16H20Se2/c1-3-9-15(10-4-1)17-13-7-8-14-18(17)16-11-5-2-6-12-16/h1-6,9-12,17-18H,7-8,13-14H2. The summed E-state index contributed by atoms with van der Waals surface area (Å²) in [5.74, 6) is 0. The average Bonchev–Trinajstić information content (AvgIpc) is 2.49. The van der Waals surface area contributed by atoms with Gasteiger partial charge in [0.15, 0.2) is 0 Å². The van der Waals surface area contributed by atoms with Crippen LogP contribution in [0.2, 0.25) is 10.6 Å². The van der Waals surface area contributed by atoms with E-state index in [1.165, 1.54) is 12.8 Å². The minimum absolute atomic E-state index is 0.757. The topological polar surface area (TPSA) is 0 Å². The Morgan fingerprint density at radius 1 is 0.556 bits per heavy atom. The fourth-order valence-electron chi connectivity index (χ4n) is 2.50. The average molecular weight is 370 g/mol. The first kappa shape index (κ1) is 12.5. The molecule has 0 radical (unpaired) electrons. The quantitative estimate of drug-likeness (QED) is 0.711. The molecule has 0 saturated carbocycles. The molecule has 0 nitrogen and oxygen atoms in total. The molecule has 1 saturated heterocycles. The Labute approximate surface area is 117 Å². The van der Waals surface area contributed by atoms with Crippen LogP contribution in [-0.4, -0.2) is 24.2 Å². The number of hydrogen-bond donors (Lipinski definition) is 0. The second-order valence-electron chi connectivity index (χ2n) is 4.62. The number of rotatable bonds is 2. The van der Waals surface area contributed by atoms with Gasteiger partial charge in [-0.3, -0.25) is 0 Å². The van der Waals surface area contributed by atoms with Crippen molar-refractivity contribution in [1.29, 1.82) is 0 Å². The normalized spacial score (nSPS) is 27.8. The van der Waals surface area contributed by atoms with Gasteiger partial charge in [0.1, 0.15) is 0 Å². The van der Waals surface area contributed by atoms with Gasteiger partial charge in [-0.1, -0.05) is 0 Å². The molecule has 1 heterocycles. The third-order valence-corrected chi connectivity index (χ3v) is 27.2. The molecule has 3 rings (SSSR count). The molecule has 0 amide bonds. The second kappa shape index (κ2) is 6.08. The number of benzene rings is 2. The summed E-state index contributed by atoms with van der Waals surface area (Å²) in [5, 5.41) is 3.10. The van der Waals surface area contributed by atoms with Gasteiger partial charge in [0.05, 0.1) is 0 Å². The van der Waals surface area contributed by atoms with Gasteiger partial charge in [0.25, 0.3) is 0 Å². The monoisotopic (exact) mass is 372 g/mol. The molecule has 2 aromatic carbocycles. The van der Waals surface area contributed by atoms with E-state index in [9.17, 15) is 0 Å². The van der Waals surface area contributed by atoms with E-state index >= 15 is 0 Å². The van der Waals surface area contributed by atoms with Crippen molar-refractivity contribution < 1.29 is 0 Å². The molecule has 0 aromatic heterocycles. The number of hydrogen-bond acceptors (Lipinski definition) is 0. The van der Waals surface area contributed by atoms with Gasteiger partial charge in [-0.05, 0) is 0 Å². The molecule has 96 valence electrons. The Hall–Kier alpha value is -0.521. The van der Waals surface area contributed by atoms with Crippen LogP contribution in [0, 0.1) is 0 Å². The van der Waals surface area contributed by atoms with Crippen molar-refractivity contribution in [1.82, 2.24) is 0 Å². The summed E-state index contributed by atoms with van der Waals surface area (Å²) < 4.78 is 3.46. The third-order valence-electron chi connectivity index (χ3n) is 3.39. The summed E-state index contributed by atoms with van der Waals surface area (Å²) in [6, 6.07) is 22.8. The first-order valence-corrected chi connectivity index (χ1v) is 16.3. The van der Waals surface area contributed by atoms with Crippen LogP contribution in [0.1, 0.15) is 12.8 Å². The molecular weight excluding hydrogens is 350 g/mol.